The second-order valence-electron chi connectivity index (χ2n) is 4.73. The third-order valence-corrected chi connectivity index (χ3v) is 3.17. The van der Waals surface area contributed by atoms with Crippen LogP contribution in [0.3, 0.4) is 0 Å². The van der Waals surface area contributed by atoms with Gasteiger partial charge in [-0.1, -0.05) is 6.08 Å². The Morgan fingerprint density at radius 3 is 3.00 bits per heavy atom. The molecule has 0 amide bonds. The van der Waals surface area contributed by atoms with Crippen molar-refractivity contribution in [1.29, 1.82) is 0 Å². The monoisotopic (exact) mass is 300 g/mol. The Kier molecular flexibility index (Phi) is 5.32. The molecular weight excluding hydrogens is 280 g/mol. The first kappa shape index (κ1) is 15.8. The topological polar surface area (TPSA) is 71.7 Å². The van der Waals surface area contributed by atoms with Gasteiger partial charge in [0, 0.05) is 32.3 Å². The van der Waals surface area contributed by atoms with Gasteiger partial charge >= 0.3 is 0 Å². The molecule has 0 bridgehead atoms. The van der Waals surface area contributed by atoms with Gasteiger partial charge < -0.3 is 19.7 Å². The second-order valence-corrected chi connectivity index (χ2v) is 4.73. The number of ether oxygens (including phenoxy) is 1. The summed E-state index contributed by atoms with van der Waals surface area (Å²) in [5.74, 6) is 0.584. The Balaban J connectivity index is 2.18. The quantitative estimate of drug-likeness (QED) is 0.608. The molecule has 116 valence electrons. The molecule has 2 N–H and O–H groups in total. The van der Waals surface area contributed by atoms with Crippen LogP contribution in [-0.4, -0.2) is 34.7 Å². The molecule has 0 radical (unpaired) electrons. The van der Waals surface area contributed by atoms with Crippen molar-refractivity contribution in [1.82, 2.24) is 9.55 Å². The number of hydrogen-bond acceptors (Lipinski definition) is 5. The summed E-state index contributed by atoms with van der Waals surface area (Å²) in [4.78, 5) is 7.69. The summed E-state index contributed by atoms with van der Waals surface area (Å²) in [6.07, 6.45) is 6.18. The maximum atomic E-state index is 9.87. The number of anilines is 1. The SMILES string of the molecule is C=N/C=C\CC(O)Oc1ccc(-c2cncn2C)cc1NC. The number of rotatable bonds is 7. The van der Waals surface area contributed by atoms with Gasteiger partial charge in [-0.3, -0.25) is 4.99 Å². The van der Waals surface area contributed by atoms with Crippen LogP contribution in [0.15, 0.2) is 48.0 Å². The number of benzene rings is 1. The van der Waals surface area contributed by atoms with Crippen molar-refractivity contribution in [3.05, 3.63) is 43.0 Å². The average Bonchev–Trinajstić information content (AvgIpc) is 2.94. The molecule has 0 saturated heterocycles. The highest BCUT2D eigenvalue weighted by molar-refractivity contribution is 5.69. The summed E-state index contributed by atoms with van der Waals surface area (Å²) in [5.41, 5.74) is 2.81. The van der Waals surface area contributed by atoms with Gasteiger partial charge in [0.2, 0.25) is 6.29 Å². The number of aliphatic hydroxyl groups is 1. The third-order valence-electron chi connectivity index (χ3n) is 3.17. The van der Waals surface area contributed by atoms with Crippen LogP contribution < -0.4 is 10.1 Å². The van der Waals surface area contributed by atoms with Crippen molar-refractivity contribution in [2.75, 3.05) is 12.4 Å². The number of hydrogen-bond donors (Lipinski definition) is 2. The highest BCUT2D eigenvalue weighted by atomic mass is 16.6. The average molecular weight is 300 g/mol. The minimum Gasteiger partial charge on any atom is -0.463 e. The minimum atomic E-state index is -0.937. The second kappa shape index (κ2) is 7.42. The molecule has 6 heteroatoms. The normalized spacial score (nSPS) is 12.3. The van der Waals surface area contributed by atoms with Gasteiger partial charge in [0.25, 0.3) is 0 Å². The molecule has 1 aromatic carbocycles. The summed E-state index contributed by atoms with van der Waals surface area (Å²) in [6.45, 7) is 3.33. The summed E-state index contributed by atoms with van der Waals surface area (Å²) in [6, 6.07) is 5.72. The minimum absolute atomic E-state index is 0.339. The van der Waals surface area contributed by atoms with E-state index >= 15 is 0 Å². The van der Waals surface area contributed by atoms with Crippen LogP contribution in [0, 0.1) is 0 Å². The van der Waals surface area contributed by atoms with Crippen molar-refractivity contribution in [3.8, 4) is 17.0 Å². The number of aromatic nitrogens is 2. The molecule has 0 fully saturated rings. The van der Waals surface area contributed by atoms with Gasteiger partial charge in [-0.05, 0) is 24.9 Å². The lowest BCUT2D eigenvalue weighted by Gasteiger charge is -2.16. The number of aliphatic imine (C=N–C) groups is 1. The molecule has 0 saturated carbocycles. The van der Waals surface area contributed by atoms with E-state index in [2.05, 4.69) is 22.0 Å². The van der Waals surface area contributed by atoms with Crippen molar-refractivity contribution in [2.45, 2.75) is 12.7 Å². The summed E-state index contributed by atoms with van der Waals surface area (Å²) in [5, 5.41) is 12.9. The summed E-state index contributed by atoms with van der Waals surface area (Å²) >= 11 is 0. The molecule has 1 atom stereocenters. The van der Waals surface area contributed by atoms with Gasteiger partial charge in [-0.25, -0.2) is 4.98 Å². The van der Waals surface area contributed by atoms with E-state index in [1.165, 1.54) is 6.20 Å². The number of imidazole rings is 1. The molecule has 1 heterocycles. The van der Waals surface area contributed by atoms with Gasteiger partial charge in [0.15, 0.2) is 0 Å². The number of nitrogens with zero attached hydrogens (tertiary/aromatic N) is 3. The van der Waals surface area contributed by atoms with Crippen LogP contribution in [0.2, 0.25) is 0 Å². The summed E-state index contributed by atoms with van der Waals surface area (Å²) < 4.78 is 7.48. The zero-order valence-electron chi connectivity index (χ0n) is 12.7. The van der Waals surface area contributed by atoms with E-state index in [-0.39, 0.29) is 0 Å². The molecular formula is C16H20N4O2. The van der Waals surface area contributed by atoms with E-state index in [0.717, 1.165) is 16.9 Å². The van der Waals surface area contributed by atoms with Crippen molar-refractivity contribution < 1.29 is 9.84 Å². The van der Waals surface area contributed by atoms with Gasteiger partial charge in [0.1, 0.15) is 5.75 Å². The Morgan fingerprint density at radius 1 is 1.55 bits per heavy atom. The van der Waals surface area contributed by atoms with Crippen molar-refractivity contribution in [3.63, 3.8) is 0 Å². The first-order valence-corrected chi connectivity index (χ1v) is 6.89. The molecule has 0 aliphatic carbocycles. The summed E-state index contributed by atoms with van der Waals surface area (Å²) in [7, 11) is 3.75. The lowest BCUT2D eigenvalue weighted by Crippen LogP contribution is -2.15. The van der Waals surface area contributed by atoms with E-state index in [0.29, 0.717) is 12.2 Å². The fourth-order valence-corrected chi connectivity index (χ4v) is 2.07. The molecule has 1 aromatic heterocycles. The third kappa shape index (κ3) is 3.73. The van der Waals surface area contributed by atoms with Crippen LogP contribution in [-0.2, 0) is 7.05 Å². The van der Waals surface area contributed by atoms with Crippen LogP contribution in [0.5, 0.6) is 5.75 Å². The van der Waals surface area contributed by atoms with Crippen LogP contribution in [0.25, 0.3) is 11.3 Å². The van der Waals surface area contributed by atoms with E-state index in [9.17, 15) is 5.11 Å². The lowest BCUT2D eigenvalue weighted by atomic mass is 10.1. The molecule has 2 rings (SSSR count). The predicted octanol–water partition coefficient (Wildman–Crippen LogP) is 2.43. The lowest BCUT2D eigenvalue weighted by molar-refractivity contribution is -0.0132. The Bertz CT molecular complexity index is 664. The first-order valence-electron chi connectivity index (χ1n) is 6.89. The molecule has 1 unspecified atom stereocenters. The van der Waals surface area contributed by atoms with Gasteiger partial charge in [-0.15, -0.1) is 0 Å². The zero-order valence-corrected chi connectivity index (χ0v) is 12.7. The van der Waals surface area contributed by atoms with E-state index in [4.69, 9.17) is 4.74 Å². The predicted molar refractivity (Wildman–Crippen MR) is 88.1 cm³/mol. The molecule has 0 spiro atoms. The largest absolute Gasteiger partial charge is 0.463 e. The smallest absolute Gasteiger partial charge is 0.201 e. The highest BCUT2D eigenvalue weighted by Crippen LogP contribution is 2.31. The fraction of sp³-hybridized carbons (Fsp3) is 0.250. The fourth-order valence-electron chi connectivity index (χ4n) is 2.07. The number of aliphatic hydroxyl groups excluding tert-OH is 1. The number of nitrogens with one attached hydrogen (secondary N) is 1. The molecule has 2 aromatic rings. The van der Waals surface area contributed by atoms with Crippen LogP contribution >= 0.6 is 0 Å². The van der Waals surface area contributed by atoms with Crippen LogP contribution in [0.1, 0.15) is 6.42 Å². The molecule has 0 aliphatic heterocycles. The van der Waals surface area contributed by atoms with Crippen molar-refractivity contribution in [2.24, 2.45) is 12.0 Å². The molecule has 22 heavy (non-hydrogen) atoms. The van der Waals surface area contributed by atoms with Crippen LogP contribution in [0.4, 0.5) is 5.69 Å². The Hall–Kier alpha value is -2.60. The molecule has 0 aliphatic rings. The Labute approximate surface area is 129 Å². The standard InChI is InChI=1S/C16H20N4O2/c1-17-8-4-5-16(21)22-15-7-6-12(9-13(15)18-2)14-10-19-11-20(14)3/h4,6-11,16,18,21H,1,5H2,2-3H3/b8-4-. The van der Waals surface area contributed by atoms with E-state index in [1.807, 2.05) is 36.9 Å². The van der Waals surface area contributed by atoms with E-state index < -0.39 is 6.29 Å². The Morgan fingerprint density at radius 2 is 2.36 bits per heavy atom. The number of aryl methyl sites for hydroxylation is 1. The van der Waals surface area contributed by atoms with Crippen molar-refractivity contribution >= 4 is 12.4 Å². The highest BCUT2D eigenvalue weighted by Gasteiger charge is 2.11. The maximum Gasteiger partial charge on any atom is 0.201 e. The first-order chi connectivity index (χ1) is 10.7. The molecule has 6 nitrogen and oxygen atoms in total. The van der Waals surface area contributed by atoms with Gasteiger partial charge in [-0.2, -0.15) is 0 Å². The maximum absolute atomic E-state index is 9.87. The van der Waals surface area contributed by atoms with Gasteiger partial charge in [0.05, 0.1) is 23.9 Å². The zero-order chi connectivity index (χ0) is 15.9. The van der Waals surface area contributed by atoms with E-state index in [1.54, 1.807) is 18.6 Å².